The van der Waals surface area contributed by atoms with Crippen molar-refractivity contribution < 1.29 is 4.79 Å². The van der Waals surface area contributed by atoms with Crippen molar-refractivity contribution in [2.24, 2.45) is 11.8 Å². The fourth-order valence-corrected chi connectivity index (χ4v) is 3.56. The Hall–Kier alpha value is -0.480. The van der Waals surface area contributed by atoms with Crippen LogP contribution in [0.3, 0.4) is 0 Å². The van der Waals surface area contributed by atoms with Crippen LogP contribution in [0.15, 0.2) is 18.2 Å². The summed E-state index contributed by atoms with van der Waals surface area (Å²) in [5, 5.41) is 7.62. The summed E-state index contributed by atoms with van der Waals surface area (Å²) >= 11 is 12.3. The molecule has 0 spiro atoms. The first kappa shape index (κ1) is 17.9. The van der Waals surface area contributed by atoms with E-state index < -0.39 is 0 Å². The van der Waals surface area contributed by atoms with E-state index in [1.165, 1.54) is 12.8 Å². The molecule has 0 bridgehead atoms. The van der Waals surface area contributed by atoms with Crippen LogP contribution in [0.2, 0.25) is 10.0 Å². The molecule has 3 unspecified atom stereocenters. The van der Waals surface area contributed by atoms with Gasteiger partial charge in [0.15, 0.2) is 0 Å². The van der Waals surface area contributed by atoms with Gasteiger partial charge in [0, 0.05) is 12.5 Å². The summed E-state index contributed by atoms with van der Waals surface area (Å²) in [5.74, 6) is 0.995. The number of hydrogen-bond donors (Lipinski definition) is 2. The highest BCUT2D eigenvalue weighted by Crippen LogP contribution is 2.50. The molecule has 2 fully saturated rings. The minimum atomic E-state index is 0. The second kappa shape index (κ2) is 7.87. The van der Waals surface area contributed by atoms with Crippen LogP contribution in [0.25, 0.3) is 0 Å². The Balaban J connectivity index is 0.00000176. The van der Waals surface area contributed by atoms with E-state index in [4.69, 9.17) is 23.2 Å². The average molecular weight is 364 g/mol. The largest absolute Gasteiger partial charge is 0.356 e. The summed E-state index contributed by atoms with van der Waals surface area (Å²) in [6.45, 7) is 2.88. The molecule has 0 radical (unpaired) electrons. The number of amides is 1. The highest BCUT2D eigenvalue weighted by atomic mass is 35.5. The third kappa shape index (κ3) is 4.08. The molecule has 2 aliphatic rings. The molecule has 3 nitrogen and oxygen atoms in total. The molecule has 1 aromatic rings. The molecule has 3 rings (SSSR count). The predicted octanol–water partition coefficient (Wildman–Crippen LogP) is 3.63. The van der Waals surface area contributed by atoms with Gasteiger partial charge in [-0.3, -0.25) is 4.79 Å². The van der Waals surface area contributed by atoms with Gasteiger partial charge < -0.3 is 10.6 Å². The van der Waals surface area contributed by atoms with Gasteiger partial charge >= 0.3 is 0 Å². The molecular weight excluding hydrogens is 343 g/mol. The predicted molar refractivity (Wildman–Crippen MR) is 93.2 cm³/mol. The number of carbonyl (C=O) groups excluding carboxylic acids is 1. The van der Waals surface area contributed by atoms with E-state index >= 15 is 0 Å². The van der Waals surface area contributed by atoms with Crippen molar-refractivity contribution >= 4 is 41.5 Å². The zero-order chi connectivity index (χ0) is 14.8. The maximum atomic E-state index is 12.2. The van der Waals surface area contributed by atoms with Gasteiger partial charge in [-0.25, -0.2) is 0 Å². The lowest BCUT2D eigenvalue weighted by molar-refractivity contribution is -0.122. The molecule has 1 aromatic carbocycles. The van der Waals surface area contributed by atoms with Gasteiger partial charge in [0.2, 0.25) is 5.91 Å². The SMILES string of the molecule is Cl.O=C(NCC1CCCNC1)C1CC1c1cccc(Cl)c1Cl. The van der Waals surface area contributed by atoms with Crippen molar-refractivity contribution in [1.82, 2.24) is 10.6 Å². The van der Waals surface area contributed by atoms with E-state index in [2.05, 4.69) is 10.6 Å². The zero-order valence-electron chi connectivity index (χ0n) is 12.3. The van der Waals surface area contributed by atoms with E-state index in [1.807, 2.05) is 12.1 Å². The number of piperidine rings is 1. The summed E-state index contributed by atoms with van der Waals surface area (Å²) in [4.78, 5) is 12.2. The molecule has 22 heavy (non-hydrogen) atoms. The van der Waals surface area contributed by atoms with Crippen LogP contribution < -0.4 is 10.6 Å². The summed E-state index contributed by atoms with van der Waals surface area (Å²) < 4.78 is 0. The standard InChI is InChI=1S/C16H20Cl2N2O.ClH/c17-14-5-1-4-11(15(14)18)12-7-13(12)16(21)20-9-10-3-2-6-19-8-10;/h1,4-5,10,12-13,19H,2-3,6-9H2,(H,20,21);1H. The first-order valence-corrected chi connectivity index (χ1v) is 8.34. The van der Waals surface area contributed by atoms with Crippen molar-refractivity contribution in [2.45, 2.75) is 25.2 Å². The maximum absolute atomic E-state index is 12.2. The molecule has 6 heteroatoms. The molecule has 122 valence electrons. The van der Waals surface area contributed by atoms with Crippen LogP contribution in [0.1, 0.15) is 30.7 Å². The van der Waals surface area contributed by atoms with Crippen LogP contribution in [0, 0.1) is 11.8 Å². The molecule has 1 amide bonds. The monoisotopic (exact) mass is 362 g/mol. The third-order valence-electron chi connectivity index (χ3n) is 4.47. The van der Waals surface area contributed by atoms with Crippen molar-refractivity contribution in [3.05, 3.63) is 33.8 Å². The lowest BCUT2D eigenvalue weighted by Crippen LogP contribution is -2.38. The quantitative estimate of drug-likeness (QED) is 0.857. The summed E-state index contributed by atoms with van der Waals surface area (Å²) in [6, 6.07) is 5.64. The number of carbonyl (C=O) groups is 1. The normalized spacial score (nSPS) is 26.9. The van der Waals surface area contributed by atoms with E-state index in [-0.39, 0.29) is 30.2 Å². The topological polar surface area (TPSA) is 41.1 Å². The Kier molecular flexibility index (Phi) is 6.39. The first-order chi connectivity index (χ1) is 10.2. The molecule has 1 aliphatic carbocycles. The molecule has 2 N–H and O–H groups in total. The Bertz CT molecular complexity index is 532. The van der Waals surface area contributed by atoms with Crippen molar-refractivity contribution in [2.75, 3.05) is 19.6 Å². The molecule has 1 saturated carbocycles. The Labute approximate surface area is 147 Å². The number of hydrogen-bond acceptors (Lipinski definition) is 2. The van der Waals surface area contributed by atoms with E-state index in [1.54, 1.807) is 6.07 Å². The number of halogens is 3. The highest BCUT2D eigenvalue weighted by molar-refractivity contribution is 6.42. The number of rotatable bonds is 4. The van der Waals surface area contributed by atoms with Crippen molar-refractivity contribution in [3.63, 3.8) is 0 Å². The second-order valence-corrected chi connectivity index (χ2v) is 6.83. The van der Waals surface area contributed by atoms with E-state index in [0.717, 1.165) is 31.6 Å². The van der Waals surface area contributed by atoms with Crippen molar-refractivity contribution in [1.29, 1.82) is 0 Å². The van der Waals surface area contributed by atoms with Gasteiger partial charge in [0.1, 0.15) is 0 Å². The van der Waals surface area contributed by atoms with Gasteiger partial charge in [0.25, 0.3) is 0 Å². The minimum Gasteiger partial charge on any atom is -0.356 e. The summed E-state index contributed by atoms with van der Waals surface area (Å²) in [6.07, 6.45) is 3.26. The number of nitrogens with one attached hydrogen (secondary N) is 2. The first-order valence-electron chi connectivity index (χ1n) is 7.59. The molecule has 0 aromatic heterocycles. The Morgan fingerprint density at radius 2 is 2.18 bits per heavy atom. The molecule has 3 atom stereocenters. The lowest BCUT2D eigenvalue weighted by atomic mass is 9.99. The zero-order valence-corrected chi connectivity index (χ0v) is 14.6. The van der Waals surface area contributed by atoms with Gasteiger partial charge in [-0.05, 0) is 55.8 Å². The van der Waals surface area contributed by atoms with Crippen LogP contribution in [0.5, 0.6) is 0 Å². The minimum absolute atomic E-state index is 0. The fourth-order valence-electron chi connectivity index (χ4n) is 3.11. The van der Waals surface area contributed by atoms with Crippen LogP contribution >= 0.6 is 35.6 Å². The van der Waals surface area contributed by atoms with Crippen LogP contribution in [-0.4, -0.2) is 25.5 Å². The second-order valence-electron chi connectivity index (χ2n) is 6.05. The van der Waals surface area contributed by atoms with Gasteiger partial charge in [-0.15, -0.1) is 12.4 Å². The summed E-state index contributed by atoms with van der Waals surface area (Å²) in [7, 11) is 0. The summed E-state index contributed by atoms with van der Waals surface area (Å²) in [5.41, 5.74) is 1.00. The Morgan fingerprint density at radius 3 is 2.91 bits per heavy atom. The maximum Gasteiger partial charge on any atom is 0.223 e. The third-order valence-corrected chi connectivity index (χ3v) is 5.31. The van der Waals surface area contributed by atoms with Gasteiger partial charge in [-0.2, -0.15) is 0 Å². The van der Waals surface area contributed by atoms with E-state index in [0.29, 0.717) is 16.0 Å². The molecule has 1 aliphatic heterocycles. The van der Waals surface area contributed by atoms with E-state index in [9.17, 15) is 4.79 Å². The van der Waals surface area contributed by atoms with Crippen LogP contribution in [-0.2, 0) is 4.79 Å². The fraction of sp³-hybridized carbons (Fsp3) is 0.562. The smallest absolute Gasteiger partial charge is 0.223 e. The lowest BCUT2D eigenvalue weighted by Gasteiger charge is -2.22. The van der Waals surface area contributed by atoms with Crippen LogP contribution in [0.4, 0.5) is 0 Å². The highest BCUT2D eigenvalue weighted by Gasteiger charge is 2.45. The van der Waals surface area contributed by atoms with Gasteiger partial charge in [-0.1, -0.05) is 35.3 Å². The molecule has 1 saturated heterocycles. The van der Waals surface area contributed by atoms with Crippen molar-refractivity contribution in [3.8, 4) is 0 Å². The molecular formula is C16H21Cl3N2O. The number of benzene rings is 1. The Morgan fingerprint density at radius 1 is 1.36 bits per heavy atom. The van der Waals surface area contributed by atoms with Gasteiger partial charge in [0.05, 0.1) is 10.0 Å². The molecule has 1 heterocycles. The average Bonchev–Trinajstić information content (AvgIpc) is 3.29.